The molecule has 0 aliphatic carbocycles. The molecule has 0 radical (unpaired) electrons. The molecule has 2 N–H and O–H groups in total. The van der Waals surface area contributed by atoms with Crippen LogP contribution < -0.4 is 10.6 Å². The standard InChI is InChI=1S/C23H17ClN6O4/c24-14-3-5-15(6-4-14)30-21(31)16-7-2-13(10-17(16)22(30)32)23(33)34-9-1-8-29-12-28-18-19(25)26-11-27-20(18)29/h2-7,10-12H,1,8-9H2,(H2,25,26,27). The first kappa shape index (κ1) is 21.5. The number of ether oxygens (including phenoxy) is 1. The van der Waals surface area contributed by atoms with E-state index < -0.39 is 17.8 Å². The maximum atomic E-state index is 12.9. The van der Waals surface area contributed by atoms with E-state index in [0.717, 1.165) is 4.90 Å². The van der Waals surface area contributed by atoms with Crippen molar-refractivity contribution < 1.29 is 19.1 Å². The van der Waals surface area contributed by atoms with Gasteiger partial charge in [-0.1, -0.05) is 11.6 Å². The molecule has 2 aromatic heterocycles. The summed E-state index contributed by atoms with van der Waals surface area (Å²) in [4.78, 5) is 51.5. The summed E-state index contributed by atoms with van der Waals surface area (Å²) >= 11 is 5.89. The molecule has 0 spiro atoms. The van der Waals surface area contributed by atoms with Gasteiger partial charge in [-0.15, -0.1) is 0 Å². The number of imidazole rings is 1. The van der Waals surface area contributed by atoms with Gasteiger partial charge < -0.3 is 15.0 Å². The number of aromatic nitrogens is 4. The van der Waals surface area contributed by atoms with Crippen LogP contribution in [0.25, 0.3) is 11.2 Å². The van der Waals surface area contributed by atoms with Crippen LogP contribution in [0.3, 0.4) is 0 Å². The third kappa shape index (κ3) is 3.73. The Hall–Kier alpha value is -4.31. The number of imide groups is 1. The summed E-state index contributed by atoms with van der Waals surface area (Å²) in [5, 5.41) is 0.490. The Kier molecular flexibility index (Phi) is 5.42. The molecule has 1 aliphatic heterocycles. The fourth-order valence-electron chi connectivity index (χ4n) is 3.74. The van der Waals surface area contributed by atoms with Gasteiger partial charge in [-0.25, -0.2) is 24.6 Å². The number of carbonyl (C=O) groups excluding carboxylic acids is 3. The number of nitrogen functional groups attached to an aromatic ring is 1. The third-order valence-electron chi connectivity index (χ3n) is 5.41. The normalized spacial score (nSPS) is 12.9. The largest absolute Gasteiger partial charge is 0.462 e. The molecule has 5 rings (SSSR count). The number of hydrogen-bond acceptors (Lipinski definition) is 8. The highest BCUT2D eigenvalue weighted by molar-refractivity contribution is 6.35. The zero-order chi connectivity index (χ0) is 23.8. The van der Waals surface area contributed by atoms with Gasteiger partial charge in [-0.3, -0.25) is 9.59 Å². The number of aryl methyl sites for hydroxylation is 1. The second-order valence-corrected chi connectivity index (χ2v) is 7.98. The zero-order valence-corrected chi connectivity index (χ0v) is 18.4. The molecule has 170 valence electrons. The quantitative estimate of drug-likeness (QED) is 0.255. The molecular formula is C23H17ClN6O4. The monoisotopic (exact) mass is 476 g/mol. The van der Waals surface area contributed by atoms with E-state index in [-0.39, 0.29) is 23.3 Å². The fourth-order valence-corrected chi connectivity index (χ4v) is 3.86. The van der Waals surface area contributed by atoms with Crippen LogP contribution in [0.5, 0.6) is 0 Å². The number of carbonyl (C=O) groups is 3. The lowest BCUT2D eigenvalue weighted by atomic mass is 10.1. The summed E-state index contributed by atoms with van der Waals surface area (Å²) in [5.41, 5.74) is 7.87. The second kappa shape index (κ2) is 8.56. The number of rotatable bonds is 6. The summed E-state index contributed by atoms with van der Waals surface area (Å²) in [6.07, 6.45) is 3.48. The Morgan fingerprint density at radius 3 is 2.56 bits per heavy atom. The maximum Gasteiger partial charge on any atom is 0.338 e. The highest BCUT2D eigenvalue weighted by Gasteiger charge is 2.37. The average Bonchev–Trinajstić information content (AvgIpc) is 3.37. The lowest BCUT2D eigenvalue weighted by Gasteiger charge is -2.13. The number of benzene rings is 2. The van der Waals surface area contributed by atoms with Crippen LogP contribution in [-0.4, -0.2) is 43.9 Å². The molecule has 3 heterocycles. The smallest absolute Gasteiger partial charge is 0.338 e. The van der Waals surface area contributed by atoms with Crippen LogP contribution in [0, 0.1) is 0 Å². The first-order valence-electron chi connectivity index (χ1n) is 10.3. The van der Waals surface area contributed by atoms with E-state index >= 15 is 0 Å². The van der Waals surface area contributed by atoms with E-state index in [1.807, 2.05) is 0 Å². The van der Waals surface area contributed by atoms with E-state index in [9.17, 15) is 14.4 Å². The topological polar surface area (TPSA) is 133 Å². The molecule has 10 nitrogen and oxygen atoms in total. The number of fused-ring (bicyclic) bond motifs is 2. The number of nitrogens with zero attached hydrogens (tertiary/aromatic N) is 5. The first-order valence-corrected chi connectivity index (χ1v) is 10.7. The molecule has 0 atom stereocenters. The van der Waals surface area contributed by atoms with Gasteiger partial charge in [0.15, 0.2) is 11.5 Å². The van der Waals surface area contributed by atoms with Gasteiger partial charge in [-0.2, -0.15) is 0 Å². The second-order valence-electron chi connectivity index (χ2n) is 7.54. The summed E-state index contributed by atoms with van der Waals surface area (Å²) < 4.78 is 7.15. The van der Waals surface area contributed by atoms with Gasteiger partial charge >= 0.3 is 5.97 Å². The predicted octanol–water partition coefficient (Wildman–Crippen LogP) is 3.11. The molecule has 0 bridgehead atoms. The van der Waals surface area contributed by atoms with Gasteiger partial charge in [-0.05, 0) is 48.9 Å². The van der Waals surface area contributed by atoms with Crippen molar-refractivity contribution in [3.8, 4) is 0 Å². The lowest BCUT2D eigenvalue weighted by Crippen LogP contribution is -2.29. The van der Waals surface area contributed by atoms with Crippen LogP contribution in [0.15, 0.2) is 55.1 Å². The van der Waals surface area contributed by atoms with Crippen molar-refractivity contribution in [3.05, 3.63) is 76.8 Å². The zero-order valence-electron chi connectivity index (χ0n) is 17.6. The summed E-state index contributed by atoms with van der Waals surface area (Å²) in [7, 11) is 0. The van der Waals surface area contributed by atoms with Crippen molar-refractivity contribution in [1.82, 2.24) is 19.5 Å². The van der Waals surface area contributed by atoms with Crippen molar-refractivity contribution in [1.29, 1.82) is 0 Å². The molecule has 34 heavy (non-hydrogen) atoms. The van der Waals surface area contributed by atoms with Crippen LogP contribution in [0.4, 0.5) is 11.5 Å². The predicted molar refractivity (Wildman–Crippen MR) is 124 cm³/mol. The average molecular weight is 477 g/mol. The van der Waals surface area contributed by atoms with Crippen molar-refractivity contribution in [2.24, 2.45) is 0 Å². The van der Waals surface area contributed by atoms with Gasteiger partial charge in [0.1, 0.15) is 11.8 Å². The minimum atomic E-state index is -0.588. The Labute approximate surface area is 197 Å². The minimum Gasteiger partial charge on any atom is -0.462 e. The van der Waals surface area contributed by atoms with E-state index in [1.165, 1.54) is 24.5 Å². The Bertz CT molecular complexity index is 1450. The van der Waals surface area contributed by atoms with E-state index in [1.54, 1.807) is 35.2 Å². The summed E-state index contributed by atoms with van der Waals surface area (Å²) in [6.45, 7) is 0.646. The first-order chi connectivity index (χ1) is 16.4. The molecule has 0 saturated heterocycles. The number of nitrogens with two attached hydrogens (primary N) is 1. The minimum absolute atomic E-state index is 0.139. The number of hydrogen-bond donors (Lipinski definition) is 1. The number of amides is 2. The van der Waals surface area contributed by atoms with Gasteiger partial charge in [0.25, 0.3) is 11.8 Å². The van der Waals surface area contributed by atoms with Crippen LogP contribution in [0.2, 0.25) is 5.02 Å². The van der Waals surface area contributed by atoms with E-state index in [0.29, 0.717) is 40.7 Å². The van der Waals surface area contributed by atoms with E-state index in [4.69, 9.17) is 22.1 Å². The van der Waals surface area contributed by atoms with Crippen molar-refractivity contribution >= 4 is 52.1 Å². The molecule has 4 aromatic rings. The van der Waals surface area contributed by atoms with Crippen molar-refractivity contribution in [2.45, 2.75) is 13.0 Å². The third-order valence-corrected chi connectivity index (χ3v) is 5.67. The number of anilines is 2. The molecule has 0 saturated carbocycles. The maximum absolute atomic E-state index is 12.9. The number of esters is 1. The Morgan fingerprint density at radius 2 is 1.76 bits per heavy atom. The molecule has 11 heteroatoms. The Balaban J connectivity index is 1.24. The van der Waals surface area contributed by atoms with Crippen LogP contribution >= 0.6 is 11.6 Å². The number of halogens is 1. The molecule has 2 aromatic carbocycles. The van der Waals surface area contributed by atoms with Crippen LogP contribution in [-0.2, 0) is 11.3 Å². The fraction of sp³-hybridized carbons (Fsp3) is 0.130. The summed E-state index contributed by atoms with van der Waals surface area (Å²) in [5.74, 6) is -1.26. The molecule has 2 amide bonds. The molecular weight excluding hydrogens is 460 g/mol. The molecule has 0 fully saturated rings. The molecule has 1 aliphatic rings. The summed E-state index contributed by atoms with van der Waals surface area (Å²) in [6, 6.07) is 10.7. The highest BCUT2D eigenvalue weighted by atomic mass is 35.5. The molecule has 0 unspecified atom stereocenters. The highest BCUT2D eigenvalue weighted by Crippen LogP contribution is 2.30. The van der Waals surface area contributed by atoms with Gasteiger partial charge in [0.2, 0.25) is 0 Å². The van der Waals surface area contributed by atoms with E-state index in [2.05, 4.69) is 15.0 Å². The van der Waals surface area contributed by atoms with Gasteiger partial charge in [0, 0.05) is 11.6 Å². The van der Waals surface area contributed by atoms with Crippen molar-refractivity contribution in [3.63, 3.8) is 0 Å². The van der Waals surface area contributed by atoms with Crippen LogP contribution in [0.1, 0.15) is 37.5 Å². The Morgan fingerprint density at radius 1 is 1.00 bits per heavy atom. The lowest BCUT2D eigenvalue weighted by molar-refractivity contribution is 0.0496. The van der Waals surface area contributed by atoms with Gasteiger partial charge in [0.05, 0.1) is 35.3 Å². The van der Waals surface area contributed by atoms with Crippen molar-refractivity contribution in [2.75, 3.05) is 17.2 Å². The SMILES string of the molecule is Nc1ncnc2c1ncn2CCCOC(=O)c1ccc2c(c1)C(=O)N(c1ccc(Cl)cc1)C2=O.